The lowest BCUT2D eigenvalue weighted by molar-refractivity contribution is -0.137. The van der Waals surface area contributed by atoms with Crippen LogP contribution in [0.25, 0.3) is 0 Å². The summed E-state index contributed by atoms with van der Waals surface area (Å²) in [5.74, 6) is 0.611. The van der Waals surface area contributed by atoms with Gasteiger partial charge in [-0.05, 0) is 32.2 Å². The van der Waals surface area contributed by atoms with Gasteiger partial charge in [-0.3, -0.25) is 4.79 Å². The van der Waals surface area contributed by atoms with Crippen LogP contribution >= 0.6 is 0 Å². The predicted octanol–water partition coefficient (Wildman–Crippen LogP) is 1.78. The number of piperidine rings is 1. The van der Waals surface area contributed by atoms with E-state index >= 15 is 0 Å². The number of rotatable bonds is 2. The molecule has 0 radical (unpaired) electrons. The quantitative estimate of drug-likeness (QED) is 0.775. The van der Waals surface area contributed by atoms with E-state index in [-0.39, 0.29) is 5.92 Å². The maximum Gasteiger partial charge on any atom is 0.226 e. The van der Waals surface area contributed by atoms with Crippen molar-refractivity contribution in [2.24, 2.45) is 5.92 Å². The van der Waals surface area contributed by atoms with Crippen LogP contribution in [-0.2, 0) is 4.79 Å². The second-order valence-corrected chi connectivity index (χ2v) is 5.28. The van der Waals surface area contributed by atoms with Gasteiger partial charge in [0.2, 0.25) is 5.91 Å². The molecule has 1 heterocycles. The molecular weight excluding hydrogens is 200 g/mol. The van der Waals surface area contributed by atoms with Crippen LogP contribution in [0.3, 0.4) is 0 Å². The zero-order valence-corrected chi connectivity index (χ0v) is 10.4. The summed E-state index contributed by atoms with van der Waals surface area (Å²) in [5, 5.41) is 3.33. The van der Waals surface area contributed by atoms with Gasteiger partial charge in [0.1, 0.15) is 0 Å². The van der Waals surface area contributed by atoms with Gasteiger partial charge in [-0.15, -0.1) is 0 Å². The fourth-order valence-electron chi connectivity index (χ4n) is 3.00. The summed E-state index contributed by atoms with van der Waals surface area (Å²) in [7, 11) is 2.01. The van der Waals surface area contributed by atoms with Gasteiger partial charge < -0.3 is 10.2 Å². The van der Waals surface area contributed by atoms with E-state index < -0.39 is 0 Å². The highest BCUT2D eigenvalue weighted by atomic mass is 16.2. The van der Waals surface area contributed by atoms with Crippen molar-refractivity contribution in [2.75, 3.05) is 20.1 Å². The van der Waals surface area contributed by atoms with Crippen molar-refractivity contribution in [3.05, 3.63) is 0 Å². The van der Waals surface area contributed by atoms with E-state index in [1.807, 2.05) is 11.9 Å². The molecule has 92 valence electrons. The number of hydrogen-bond donors (Lipinski definition) is 1. The predicted molar refractivity (Wildman–Crippen MR) is 65.2 cm³/mol. The van der Waals surface area contributed by atoms with E-state index in [9.17, 15) is 4.79 Å². The Labute approximate surface area is 98.6 Å². The molecule has 1 aliphatic heterocycles. The third-order valence-corrected chi connectivity index (χ3v) is 4.12. The number of hydrogen-bond acceptors (Lipinski definition) is 2. The molecule has 0 aromatic carbocycles. The lowest BCUT2D eigenvalue weighted by atomic mass is 9.92. The van der Waals surface area contributed by atoms with Crippen LogP contribution in [0.15, 0.2) is 0 Å². The average molecular weight is 224 g/mol. The van der Waals surface area contributed by atoms with Gasteiger partial charge >= 0.3 is 0 Å². The van der Waals surface area contributed by atoms with Crippen molar-refractivity contribution in [2.45, 2.75) is 51.0 Å². The molecule has 0 spiro atoms. The van der Waals surface area contributed by atoms with Gasteiger partial charge in [0.15, 0.2) is 0 Å². The first-order valence-corrected chi connectivity index (χ1v) is 6.76. The van der Waals surface area contributed by atoms with Crippen molar-refractivity contribution in [1.82, 2.24) is 10.2 Å². The standard InChI is InChI=1S/C13H24N2O/c1-15(12-7-3-2-4-8-12)13(16)11-6-5-9-14-10-11/h11-12,14H,2-10H2,1H3/t11-/m0/s1. The zero-order valence-electron chi connectivity index (χ0n) is 10.4. The smallest absolute Gasteiger partial charge is 0.226 e. The number of carbonyl (C=O) groups is 1. The van der Waals surface area contributed by atoms with E-state index in [0.29, 0.717) is 11.9 Å². The molecule has 2 rings (SSSR count). The molecule has 1 saturated carbocycles. The van der Waals surface area contributed by atoms with Crippen LogP contribution < -0.4 is 5.32 Å². The Morgan fingerprint density at radius 1 is 1.12 bits per heavy atom. The Morgan fingerprint density at radius 3 is 2.50 bits per heavy atom. The topological polar surface area (TPSA) is 32.3 Å². The van der Waals surface area contributed by atoms with Gasteiger partial charge in [-0.2, -0.15) is 0 Å². The fraction of sp³-hybridized carbons (Fsp3) is 0.923. The van der Waals surface area contributed by atoms with Gasteiger partial charge in [0, 0.05) is 19.6 Å². The van der Waals surface area contributed by atoms with Crippen molar-refractivity contribution in [1.29, 1.82) is 0 Å². The van der Waals surface area contributed by atoms with Crippen LogP contribution in [0.2, 0.25) is 0 Å². The Bertz CT molecular complexity index is 230. The third-order valence-electron chi connectivity index (χ3n) is 4.12. The summed E-state index contributed by atoms with van der Waals surface area (Å²) < 4.78 is 0. The van der Waals surface area contributed by atoms with Crippen molar-refractivity contribution < 1.29 is 4.79 Å². The van der Waals surface area contributed by atoms with Crippen LogP contribution in [0, 0.1) is 5.92 Å². The lowest BCUT2D eigenvalue weighted by Gasteiger charge is -2.34. The molecule has 0 unspecified atom stereocenters. The molecule has 1 N–H and O–H groups in total. The minimum Gasteiger partial charge on any atom is -0.342 e. The van der Waals surface area contributed by atoms with E-state index in [1.165, 1.54) is 32.1 Å². The first-order valence-electron chi connectivity index (χ1n) is 6.76. The van der Waals surface area contributed by atoms with Crippen LogP contribution in [0.4, 0.5) is 0 Å². The first-order chi connectivity index (χ1) is 7.79. The van der Waals surface area contributed by atoms with Gasteiger partial charge in [-0.1, -0.05) is 19.3 Å². The highest BCUT2D eigenvalue weighted by molar-refractivity contribution is 5.79. The van der Waals surface area contributed by atoms with Crippen LogP contribution in [0.5, 0.6) is 0 Å². The maximum atomic E-state index is 12.3. The third kappa shape index (κ3) is 2.76. The second kappa shape index (κ2) is 5.67. The maximum absolute atomic E-state index is 12.3. The second-order valence-electron chi connectivity index (χ2n) is 5.28. The van der Waals surface area contributed by atoms with Gasteiger partial charge in [0.05, 0.1) is 5.92 Å². The minimum absolute atomic E-state index is 0.237. The molecule has 1 amide bonds. The van der Waals surface area contributed by atoms with E-state index in [0.717, 1.165) is 25.9 Å². The normalized spacial score (nSPS) is 27.7. The molecule has 3 nitrogen and oxygen atoms in total. The number of nitrogens with zero attached hydrogens (tertiary/aromatic N) is 1. The minimum atomic E-state index is 0.237. The summed E-state index contributed by atoms with van der Waals surface area (Å²) in [6, 6.07) is 0.517. The highest BCUT2D eigenvalue weighted by Gasteiger charge is 2.28. The van der Waals surface area contributed by atoms with E-state index in [1.54, 1.807) is 0 Å². The van der Waals surface area contributed by atoms with Crippen LogP contribution in [-0.4, -0.2) is 37.0 Å². The Balaban J connectivity index is 1.86. The Morgan fingerprint density at radius 2 is 1.88 bits per heavy atom. The summed E-state index contributed by atoms with van der Waals surface area (Å²) in [4.78, 5) is 14.3. The van der Waals surface area contributed by atoms with Crippen molar-refractivity contribution in [3.63, 3.8) is 0 Å². The molecule has 0 aromatic rings. The highest BCUT2D eigenvalue weighted by Crippen LogP contribution is 2.23. The molecule has 1 atom stereocenters. The summed E-state index contributed by atoms with van der Waals surface area (Å²) >= 11 is 0. The average Bonchev–Trinajstić information content (AvgIpc) is 2.39. The first kappa shape index (κ1) is 11.9. The van der Waals surface area contributed by atoms with Crippen molar-refractivity contribution >= 4 is 5.91 Å². The molecule has 0 bridgehead atoms. The van der Waals surface area contributed by atoms with Crippen molar-refractivity contribution in [3.8, 4) is 0 Å². The summed E-state index contributed by atoms with van der Waals surface area (Å²) in [5.41, 5.74) is 0. The summed E-state index contributed by atoms with van der Waals surface area (Å²) in [6.45, 7) is 1.97. The monoisotopic (exact) mass is 224 g/mol. The Hall–Kier alpha value is -0.570. The number of amides is 1. The molecule has 1 saturated heterocycles. The number of nitrogens with one attached hydrogen (secondary N) is 1. The molecule has 1 aliphatic carbocycles. The van der Waals surface area contributed by atoms with Gasteiger partial charge in [0.25, 0.3) is 0 Å². The summed E-state index contributed by atoms with van der Waals surface area (Å²) in [6.07, 6.45) is 8.59. The van der Waals surface area contributed by atoms with E-state index in [4.69, 9.17) is 0 Å². The zero-order chi connectivity index (χ0) is 11.4. The molecule has 0 aromatic heterocycles. The molecule has 3 heteroatoms. The largest absolute Gasteiger partial charge is 0.342 e. The molecule has 2 fully saturated rings. The lowest BCUT2D eigenvalue weighted by Crippen LogP contribution is -2.46. The molecule has 2 aliphatic rings. The Kier molecular flexibility index (Phi) is 4.22. The fourth-order valence-corrected chi connectivity index (χ4v) is 3.00. The SMILES string of the molecule is CN(C(=O)[C@H]1CCCNC1)C1CCCCC1. The van der Waals surface area contributed by atoms with Crippen LogP contribution in [0.1, 0.15) is 44.9 Å². The molecule has 16 heavy (non-hydrogen) atoms. The number of carbonyl (C=O) groups excluding carboxylic acids is 1. The van der Waals surface area contributed by atoms with E-state index in [2.05, 4.69) is 5.32 Å². The molecular formula is C13H24N2O. The van der Waals surface area contributed by atoms with Gasteiger partial charge in [-0.25, -0.2) is 0 Å².